The van der Waals surface area contributed by atoms with Gasteiger partial charge in [0.2, 0.25) is 5.91 Å². The van der Waals surface area contributed by atoms with Crippen molar-refractivity contribution in [3.8, 4) is 17.2 Å². The Hall–Kier alpha value is -7.36. The highest BCUT2D eigenvalue weighted by Crippen LogP contribution is 2.43. The van der Waals surface area contributed by atoms with Gasteiger partial charge in [-0.3, -0.25) is 38.8 Å². The van der Waals surface area contributed by atoms with E-state index < -0.39 is 0 Å². The van der Waals surface area contributed by atoms with Gasteiger partial charge in [0, 0.05) is 111 Å². The number of nitrogens with one attached hydrogen (secondary N) is 2. The number of aryl methyl sites for hydroxylation is 1. The number of para-hydroxylation sites is 2. The summed E-state index contributed by atoms with van der Waals surface area (Å²) in [5, 5.41) is 6.40. The zero-order valence-corrected chi connectivity index (χ0v) is 49.2. The van der Waals surface area contributed by atoms with Crippen LogP contribution in [-0.2, 0) is 54.6 Å². The van der Waals surface area contributed by atoms with Crippen molar-refractivity contribution in [2.75, 3.05) is 106 Å². The number of hydrogen-bond donors (Lipinski definition) is 2. The molecule has 10 rings (SSSR count). The lowest BCUT2D eigenvalue weighted by atomic mass is 10.1. The first-order valence-corrected chi connectivity index (χ1v) is 30.5. The van der Waals surface area contributed by atoms with Crippen LogP contribution in [0.5, 0.6) is 17.2 Å². The topological polar surface area (TPSA) is 190 Å². The summed E-state index contributed by atoms with van der Waals surface area (Å²) in [4.78, 5) is 77.0. The number of fused-ring (bicyclic) bond motifs is 8. The van der Waals surface area contributed by atoms with Crippen molar-refractivity contribution in [2.24, 2.45) is 4.99 Å². The van der Waals surface area contributed by atoms with Crippen LogP contribution in [0.1, 0.15) is 75.2 Å². The molecule has 2 atom stereocenters. The van der Waals surface area contributed by atoms with Crippen molar-refractivity contribution >= 4 is 85.8 Å². The molecule has 83 heavy (non-hydrogen) atoms. The molecule has 5 heterocycles. The van der Waals surface area contributed by atoms with Crippen LogP contribution in [0.15, 0.2) is 108 Å². The van der Waals surface area contributed by atoms with Gasteiger partial charge < -0.3 is 48.9 Å². The number of imide groups is 1. The fraction of sp³-hybridized carbons (Fsp3) is 0.397. The molecule has 0 aliphatic carbocycles. The number of methoxy groups -OCH3 is 2. The Morgan fingerprint density at radius 2 is 1.45 bits per heavy atom. The van der Waals surface area contributed by atoms with E-state index in [1.807, 2.05) is 77.5 Å². The molecule has 0 unspecified atom stereocenters. The fourth-order valence-electron chi connectivity index (χ4n) is 11.0. The minimum Gasteiger partial charge on any atom is -0.493 e. The van der Waals surface area contributed by atoms with Gasteiger partial charge in [-0.05, 0) is 104 Å². The van der Waals surface area contributed by atoms with Crippen molar-refractivity contribution in [1.82, 2.24) is 10.2 Å². The maximum Gasteiger partial charge on any atom is 0.261 e. The molecular weight excluding hydrogens is 1090 g/mol. The van der Waals surface area contributed by atoms with Crippen molar-refractivity contribution in [1.29, 1.82) is 0 Å². The normalized spacial score (nSPS) is 16.6. The van der Waals surface area contributed by atoms with Gasteiger partial charge in [0.15, 0.2) is 11.5 Å². The monoisotopic (exact) mass is 1170 g/mol. The predicted octanol–water partition coefficient (Wildman–Crippen LogP) is 8.91. The molecule has 0 bridgehead atoms. The van der Waals surface area contributed by atoms with E-state index in [1.54, 1.807) is 47.9 Å². The smallest absolute Gasteiger partial charge is 0.261 e. The van der Waals surface area contributed by atoms with Crippen LogP contribution < -0.4 is 39.5 Å². The maximum atomic E-state index is 14.3. The van der Waals surface area contributed by atoms with Gasteiger partial charge in [-0.1, -0.05) is 58.0 Å². The first-order valence-electron chi connectivity index (χ1n) is 28.1. The first-order chi connectivity index (χ1) is 40.3. The number of ether oxygens (including phenoxy) is 6. The Labute approximate surface area is 492 Å². The highest BCUT2D eigenvalue weighted by Gasteiger charge is 2.39. The molecule has 0 fully saturated rings. The zero-order valence-electron chi connectivity index (χ0n) is 47.6. The minimum absolute atomic E-state index is 0.00100. The van der Waals surface area contributed by atoms with Crippen LogP contribution in [0.4, 0.5) is 28.4 Å². The number of amides is 5. The molecule has 0 spiro atoms. The third-order valence-electron chi connectivity index (χ3n) is 15.0. The molecule has 5 aromatic carbocycles. The van der Waals surface area contributed by atoms with Crippen LogP contribution in [0, 0.1) is 6.92 Å². The second-order valence-corrected chi connectivity index (χ2v) is 24.7. The SMILES string of the molecule is COCCOCCOCCN(CC(C)(C)SSCCCC(=O)NCCN1C(=O)C=CC1=O)c1cc(COc2cc3c(cc2C)C(=O)N2c4ccccc4C[C@H]2CN3)cc(COc2cc3c(cc2OC)C(=O)N2c4ccccc4C[C@H]2C=N3)c1. The molecule has 5 aliphatic rings. The van der Waals surface area contributed by atoms with Crippen molar-refractivity contribution < 1.29 is 52.4 Å². The Balaban J connectivity index is 0.880. The molecule has 2 N–H and O–H groups in total. The van der Waals surface area contributed by atoms with E-state index in [0.717, 1.165) is 62.1 Å². The highest BCUT2D eigenvalue weighted by molar-refractivity contribution is 8.77. The summed E-state index contributed by atoms with van der Waals surface area (Å²) in [6.45, 7) is 11.0. The van der Waals surface area contributed by atoms with Crippen molar-refractivity contribution in [3.63, 3.8) is 0 Å². The molecule has 0 saturated heterocycles. The molecule has 5 amide bonds. The number of carbonyl (C=O) groups is 5. The summed E-state index contributed by atoms with van der Waals surface area (Å²) in [7, 11) is 6.66. The molecule has 0 saturated carbocycles. The van der Waals surface area contributed by atoms with Crippen molar-refractivity contribution in [2.45, 2.75) is 76.5 Å². The molecule has 5 aliphatic heterocycles. The Bertz CT molecular complexity index is 3280. The Kier molecular flexibility index (Phi) is 19.1. The number of aliphatic imine (C=N–C) groups is 1. The molecular formula is C63H71N7O11S2. The third-order valence-corrected chi connectivity index (χ3v) is 18.4. The van der Waals surface area contributed by atoms with Gasteiger partial charge in [-0.25, -0.2) is 0 Å². The second-order valence-electron chi connectivity index (χ2n) is 21.6. The van der Waals surface area contributed by atoms with Crippen LogP contribution in [0.2, 0.25) is 0 Å². The third kappa shape index (κ3) is 14.0. The molecule has 20 heteroatoms. The number of benzene rings is 5. The van der Waals surface area contributed by atoms with Gasteiger partial charge in [0.1, 0.15) is 19.0 Å². The number of anilines is 4. The summed E-state index contributed by atoms with van der Waals surface area (Å²) < 4.78 is 36.0. The standard InChI is InChI=1S/C63H71N7O11S2/c1-41-27-49-51(65-36-47-31-44-11-6-8-13-53(44)69(47)61(49)74)34-55(41)80-38-42-28-43(39-81-57-35-52-50(33-56(57)77-5)62(75)70-48(37-66-52)32-45-12-7-9-14-54(45)70)30-46(29-42)67(20-21-78-24-25-79-23-22-76-4)40-63(2,3)83-82-26-10-15-58(71)64-18-19-68-59(72)16-17-60(68)73/h6-9,11-14,16-17,27-30,33-35,37,47-48,65H,10,15,18-26,31-32,36,38-40H2,1-5H3,(H,64,71)/t47-,48-/m0/s1. The average Bonchev–Trinajstić information content (AvgIpc) is 2.49. The number of nitrogens with zero attached hydrogens (tertiary/aromatic N) is 5. The van der Waals surface area contributed by atoms with E-state index in [9.17, 15) is 24.0 Å². The van der Waals surface area contributed by atoms with Crippen LogP contribution in [-0.4, -0.2) is 143 Å². The number of carbonyl (C=O) groups excluding carboxylic acids is 5. The minimum atomic E-state index is -0.371. The highest BCUT2D eigenvalue weighted by atomic mass is 33.1. The summed E-state index contributed by atoms with van der Waals surface area (Å²) in [5.41, 5.74) is 9.86. The fourth-order valence-corrected chi connectivity index (χ4v) is 13.6. The van der Waals surface area contributed by atoms with Gasteiger partial charge in [0.25, 0.3) is 23.6 Å². The summed E-state index contributed by atoms with van der Waals surface area (Å²) in [6.07, 6.45) is 6.74. The Morgan fingerprint density at radius 1 is 0.771 bits per heavy atom. The van der Waals surface area contributed by atoms with Gasteiger partial charge in [0.05, 0.1) is 74.7 Å². The zero-order chi connectivity index (χ0) is 58.0. The lowest BCUT2D eigenvalue weighted by Gasteiger charge is -2.34. The quantitative estimate of drug-likeness (QED) is 0.0274. The largest absolute Gasteiger partial charge is 0.493 e. The van der Waals surface area contributed by atoms with E-state index in [0.29, 0.717) is 106 Å². The summed E-state index contributed by atoms with van der Waals surface area (Å²) >= 11 is 0. The van der Waals surface area contributed by atoms with E-state index in [1.165, 1.54) is 17.7 Å². The number of rotatable bonds is 28. The summed E-state index contributed by atoms with van der Waals surface area (Å²) in [6, 6.07) is 29.5. The van der Waals surface area contributed by atoms with Gasteiger partial charge >= 0.3 is 0 Å². The molecule has 5 aromatic rings. The van der Waals surface area contributed by atoms with Crippen molar-refractivity contribution in [3.05, 3.63) is 142 Å². The predicted molar refractivity (Wildman–Crippen MR) is 325 cm³/mol. The second kappa shape index (κ2) is 26.9. The van der Waals surface area contributed by atoms with Gasteiger partial charge in [-0.15, -0.1) is 0 Å². The van der Waals surface area contributed by atoms with Crippen LogP contribution in [0.3, 0.4) is 0 Å². The lowest BCUT2D eigenvalue weighted by molar-refractivity contribution is -0.137. The average molecular weight is 1170 g/mol. The molecule has 18 nitrogen and oxygen atoms in total. The van der Waals surface area contributed by atoms with E-state index in [4.69, 9.17) is 33.4 Å². The lowest BCUT2D eigenvalue weighted by Crippen LogP contribution is -2.39. The van der Waals surface area contributed by atoms with Crippen LogP contribution in [0.25, 0.3) is 0 Å². The van der Waals surface area contributed by atoms with E-state index >= 15 is 0 Å². The van der Waals surface area contributed by atoms with E-state index in [2.05, 4.69) is 53.6 Å². The molecule has 0 radical (unpaired) electrons. The van der Waals surface area contributed by atoms with Gasteiger partial charge in [-0.2, -0.15) is 0 Å². The summed E-state index contributed by atoms with van der Waals surface area (Å²) in [5.74, 6) is 1.16. The maximum absolute atomic E-state index is 14.3. The van der Waals surface area contributed by atoms with E-state index in [-0.39, 0.29) is 72.7 Å². The molecule has 436 valence electrons. The first kappa shape index (κ1) is 58.8. The van der Waals surface area contributed by atoms with Crippen LogP contribution >= 0.6 is 21.6 Å². The molecule has 0 aromatic heterocycles. The Morgan fingerprint density at radius 3 is 2.18 bits per heavy atom. The number of hydrogen-bond acceptors (Lipinski definition) is 16.